The zero-order valence-corrected chi connectivity index (χ0v) is 15.8. The Morgan fingerprint density at radius 2 is 2.08 bits per heavy atom. The second-order valence-corrected chi connectivity index (χ2v) is 7.71. The van der Waals surface area contributed by atoms with Gasteiger partial charge in [-0.15, -0.1) is 11.3 Å². The van der Waals surface area contributed by atoms with Crippen LogP contribution in [0.15, 0.2) is 30.3 Å². The molecule has 0 aliphatic carbocycles. The van der Waals surface area contributed by atoms with Crippen molar-refractivity contribution in [1.82, 2.24) is 10.6 Å². The first-order chi connectivity index (χ1) is 12.5. The van der Waals surface area contributed by atoms with E-state index in [0.29, 0.717) is 40.1 Å². The molecule has 1 fully saturated rings. The lowest BCUT2D eigenvalue weighted by Crippen LogP contribution is -2.34. The van der Waals surface area contributed by atoms with Crippen LogP contribution in [0.3, 0.4) is 0 Å². The molecule has 3 rings (SSSR count). The number of anilines is 1. The third kappa shape index (κ3) is 4.24. The predicted molar refractivity (Wildman–Crippen MR) is 103 cm³/mol. The summed E-state index contributed by atoms with van der Waals surface area (Å²) in [6.07, 6.45) is -0.440. The lowest BCUT2D eigenvalue weighted by molar-refractivity contribution is 0.0929. The quantitative estimate of drug-likeness (QED) is 0.627. The van der Waals surface area contributed by atoms with Crippen molar-refractivity contribution in [3.05, 3.63) is 51.4 Å². The van der Waals surface area contributed by atoms with Gasteiger partial charge >= 0.3 is 0 Å². The minimum atomic E-state index is -0.440. The van der Waals surface area contributed by atoms with E-state index in [-0.39, 0.29) is 17.7 Å². The van der Waals surface area contributed by atoms with Gasteiger partial charge in [-0.05, 0) is 30.7 Å². The standard InChI is InChI=1S/C18H20ClN3O3S/c1-10-6-15(22-17(24)12-4-2-3-5-13(12)19)26-16(10)18(25)21-8-11-7-20-9-14(11)23/h2-6,11,14,20,23H,7-9H2,1H3,(H,21,25)(H,22,24). The van der Waals surface area contributed by atoms with Gasteiger partial charge in [-0.1, -0.05) is 23.7 Å². The minimum absolute atomic E-state index is 0.0126. The summed E-state index contributed by atoms with van der Waals surface area (Å²) < 4.78 is 0. The third-order valence-electron chi connectivity index (χ3n) is 4.31. The zero-order chi connectivity index (χ0) is 18.7. The summed E-state index contributed by atoms with van der Waals surface area (Å²) in [6, 6.07) is 8.56. The van der Waals surface area contributed by atoms with Gasteiger partial charge in [0.15, 0.2) is 0 Å². The van der Waals surface area contributed by atoms with Gasteiger partial charge in [0.1, 0.15) is 0 Å². The largest absolute Gasteiger partial charge is 0.391 e. The Bertz CT molecular complexity index is 824. The maximum Gasteiger partial charge on any atom is 0.261 e. The fraction of sp³-hybridized carbons (Fsp3) is 0.333. The van der Waals surface area contributed by atoms with Crippen molar-refractivity contribution < 1.29 is 14.7 Å². The lowest BCUT2D eigenvalue weighted by Gasteiger charge is -2.13. The van der Waals surface area contributed by atoms with Crippen molar-refractivity contribution in [2.75, 3.05) is 25.0 Å². The summed E-state index contributed by atoms with van der Waals surface area (Å²) in [4.78, 5) is 25.3. The Balaban J connectivity index is 1.64. The van der Waals surface area contributed by atoms with Crippen LogP contribution in [-0.4, -0.2) is 42.7 Å². The van der Waals surface area contributed by atoms with Crippen molar-refractivity contribution in [2.24, 2.45) is 5.92 Å². The number of rotatable bonds is 5. The maximum absolute atomic E-state index is 12.4. The average Bonchev–Trinajstić information content (AvgIpc) is 3.18. The molecule has 2 aromatic rings. The van der Waals surface area contributed by atoms with E-state index in [0.717, 1.165) is 5.56 Å². The van der Waals surface area contributed by atoms with E-state index in [9.17, 15) is 14.7 Å². The van der Waals surface area contributed by atoms with E-state index in [1.54, 1.807) is 30.3 Å². The maximum atomic E-state index is 12.4. The number of amides is 2. The van der Waals surface area contributed by atoms with Crippen LogP contribution in [-0.2, 0) is 0 Å². The summed E-state index contributed by atoms with van der Waals surface area (Å²) in [5, 5.41) is 19.5. The molecule has 2 atom stereocenters. The second-order valence-electron chi connectivity index (χ2n) is 6.25. The first-order valence-electron chi connectivity index (χ1n) is 8.29. The molecule has 2 unspecified atom stereocenters. The molecule has 1 aromatic heterocycles. The molecular formula is C18H20ClN3O3S. The molecule has 8 heteroatoms. The molecule has 4 N–H and O–H groups in total. The number of nitrogens with one attached hydrogen (secondary N) is 3. The molecular weight excluding hydrogens is 374 g/mol. The Hall–Kier alpha value is -1.93. The first-order valence-corrected chi connectivity index (χ1v) is 9.48. The Morgan fingerprint density at radius 1 is 1.31 bits per heavy atom. The molecule has 2 heterocycles. The van der Waals surface area contributed by atoms with Crippen molar-refractivity contribution in [3.63, 3.8) is 0 Å². The highest BCUT2D eigenvalue weighted by atomic mass is 35.5. The Kier molecular flexibility index (Phi) is 5.93. The van der Waals surface area contributed by atoms with Crippen LogP contribution in [0.5, 0.6) is 0 Å². The highest BCUT2D eigenvalue weighted by Gasteiger charge is 2.25. The van der Waals surface area contributed by atoms with Crippen LogP contribution in [0.4, 0.5) is 5.00 Å². The first kappa shape index (κ1) is 18.8. The van der Waals surface area contributed by atoms with Gasteiger partial charge in [-0.3, -0.25) is 9.59 Å². The molecule has 0 saturated carbocycles. The molecule has 26 heavy (non-hydrogen) atoms. The molecule has 138 valence electrons. The highest BCUT2D eigenvalue weighted by molar-refractivity contribution is 7.18. The third-order valence-corrected chi connectivity index (χ3v) is 5.79. The smallest absolute Gasteiger partial charge is 0.261 e. The van der Waals surface area contributed by atoms with E-state index < -0.39 is 6.10 Å². The lowest BCUT2D eigenvalue weighted by atomic mass is 10.1. The molecule has 1 saturated heterocycles. The highest BCUT2D eigenvalue weighted by Crippen LogP contribution is 2.28. The second kappa shape index (κ2) is 8.18. The van der Waals surface area contributed by atoms with E-state index >= 15 is 0 Å². The zero-order valence-electron chi connectivity index (χ0n) is 14.2. The minimum Gasteiger partial charge on any atom is -0.391 e. The SMILES string of the molecule is Cc1cc(NC(=O)c2ccccc2Cl)sc1C(=O)NCC1CNCC1O. The molecule has 1 aromatic carbocycles. The van der Waals surface area contributed by atoms with Gasteiger partial charge < -0.3 is 21.1 Å². The number of hydrogen-bond donors (Lipinski definition) is 4. The Morgan fingerprint density at radius 3 is 2.77 bits per heavy atom. The number of thiophene rings is 1. The van der Waals surface area contributed by atoms with Crippen LogP contribution < -0.4 is 16.0 Å². The number of aliphatic hydroxyl groups excluding tert-OH is 1. The summed E-state index contributed by atoms with van der Waals surface area (Å²) in [5.41, 5.74) is 1.17. The molecule has 0 radical (unpaired) electrons. The van der Waals surface area contributed by atoms with E-state index in [2.05, 4.69) is 16.0 Å². The number of benzene rings is 1. The van der Waals surface area contributed by atoms with Crippen LogP contribution in [0, 0.1) is 12.8 Å². The van der Waals surface area contributed by atoms with E-state index in [1.807, 2.05) is 6.92 Å². The van der Waals surface area contributed by atoms with Gasteiger partial charge in [0.25, 0.3) is 11.8 Å². The van der Waals surface area contributed by atoms with Crippen LogP contribution >= 0.6 is 22.9 Å². The molecule has 1 aliphatic heterocycles. The molecule has 2 amide bonds. The van der Waals surface area contributed by atoms with Crippen LogP contribution in [0.25, 0.3) is 0 Å². The predicted octanol–water partition coefficient (Wildman–Crippen LogP) is 2.27. The van der Waals surface area contributed by atoms with Crippen molar-refractivity contribution in [1.29, 1.82) is 0 Å². The summed E-state index contributed by atoms with van der Waals surface area (Å²) in [7, 11) is 0. The van der Waals surface area contributed by atoms with Crippen molar-refractivity contribution in [3.8, 4) is 0 Å². The van der Waals surface area contributed by atoms with E-state index in [1.165, 1.54) is 11.3 Å². The average molecular weight is 394 g/mol. The van der Waals surface area contributed by atoms with Crippen LogP contribution in [0.1, 0.15) is 25.6 Å². The molecule has 0 bridgehead atoms. The molecule has 0 spiro atoms. The van der Waals surface area contributed by atoms with Crippen molar-refractivity contribution >= 4 is 39.8 Å². The monoisotopic (exact) mass is 393 g/mol. The number of hydrogen-bond acceptors (Lipinski definition) is 5. The number of halogens is 1. The van der Waals surface area contributed by atoms with Crippen LogP contribution in [0.2, 0.25) is 5.02 Å². The van der Waals surface area contributed by atoms with Gasteiger partial charge in [-0.2, -0.15) is 0 Å². The number of aryl methyl sites for hydroxylation is 1. The summed E-state index contributed by atoms with van der Waals surface area (Å²) in [6.45, 7) is 3.47. The molecule has 1 aliphatic rings. The fourth-order valence-corrected chi connectivity index (χ4v) is 4.03. The topological polar surface area (TPSA) is 90.5 Å². The molecule has 6 nitrogen and oxygen atoms in total. The number of carbonyl (C=O) groups is 2. The number of aliphatic hydroxyl groups is 1. The fourth-order valence-electron chi connectivity index (χ4n) is 2.83. The van der Waals surface area contributed by atoms with Gasteiger partial charge in [-0.25, -0.2) is 0 Å². The van der Waals surface area contributed by atoms with Crippen molar-refractivity contribution in [2.45, 2.75) is 13.0 Å². The summed E-state index contributed by atoms with van der Waals surface area (Å²) >= 11 is 7.25. The number of carbonyl (C=O) groups excluding carboxylic acids is 2. The van der Waals surface area contributed by atoms with Gasteiger partial charge in [0, 0.05) is 25.6 Å². The van der Waals surface area contributed by atoms with Gasteiger partial charge in [0.05, 0.1) is 26.6 Å². The number of β-amino-alcohol motifs (C(OH)–C–C–N with tert-alkyl or cyclic N) is 1. The summed E-state index contributed by atoms with van der Waals surface area (Å²) in [5.74, 6) is -0.507. The normalized spacial score (nSPS) is 19.3. The Labute approximate surface area is 160 Å². The van der Waals surface area contributed by atoms with Gasteiger partial charge in [0.2, 0.25) is 0 Å². The van der Waals surface area contributed by atoms with E-state index in [4.69, 9.17) is 11.6 Å².